The van der Waals surface area contributed by atoms with E-state index in [1.165, 1.54) is 0 Å². The summed E-state index contributed by atoms with van der Waals surface area (Å²) < 4.78 is 3.58. The van der Waals surface area contributed by atoms with Gasteiger partial charge >= 0.3 is 0 Å². The van der Waals surface area contributed by atoms with Gasteiger partial charge in [-0.15, -0.1) is 0 Å². The first-order chi connectivity index (χ1) is 7.93. The first kappa shape index (κ1) is 8.84. The highest BCUT2D eigenvalue weighted by Crippen LogP contribution is 2.07. The molecule has 0 saturated heterocycles. The maximum absolute atomic E-state index is 4.48. The molecule has 5 nitrogen and oxygen atoms in total. The third kappa shape index (κ3) is 1.48. The van der Waals surface area contributed by atoms with E-state index < -0.39 is 0 Å². The summed E-state index contributed by atoms with van der Waals surface area (Å²) in [6.45, 7) is 0. The zero-order valence-corrected chi connectivity index (χ0v) is 8.43. The maximum Gasteiger partial charge on any atom is 0.155 e. The fraction of sp³-hybridized carbons (Fsp3) is 0. The number of pyridine rings is 1. The molecule has 0 atom stereocenters. The maximum atomic E-state index is 4.48. The van der Waals surface area contributed by atoms with Crippen LogP contribution < -0.4 is 0 Å². The molecule has 0 fully saturated rings. The molecular weight excluding hydrogens is 202 g/mol. The van der Waals surface area contributed by atoms with E-state index in [1.54, 1.807) is 23.4 Å². The van der Waals surface area contributed by atoms with Crippen LogP contribution in [0.4, 0.5) is 0 Å². The number of nitrogens with zero attached hydrogens (tertiary/aromatic N) is 5. The molecule has 0 saturated carbocycles. The van der Waals surface area contributed by atoms with Crippen LogP contribution >= 0.6 is 0 Å². The van der Waals surface area contributed by atoms with Crippen molar-refractivity contribution in [3.05, 3.63) is 55.4 Å². The second kappa shape index (κ2) is 3.62. The molecule has 16 heavy (non-hydrogen) atoms. The summed E-state index contributed by atoms with van der Waals surface area (Å²) >= 11 is 0. The molecule has 0 spiro atoms. The Morgan fingerprint density at radius 3 is 2.62 bits per heavy atom. The van der Waals surface area contributed by atoms with Crippen LogP contribution in [0.3, 0.4) is 0 Å². The van der Waals surface area contributed by atoms with Gasteiger partial charge in [0.25, 0.3) is 0 Å². The first-order valence-electron chi connectivity index (χ1n) is 4.89. The topological polar surface area (TPSA) is 48.5 Å². The van der Waals surface area contributed by atoms with E-state index in [1.807, 2.05) is 41.2 Å². The first-order valence-corrected chi connectivity index (χ1v) is 4.89. The third-order valence-electron chi connectivity index (χ3n) is 2.23. The molecule has 3 aromatic heterocycles. The summed E-state index contributed by atoms with van der Waals surface area (Å²) in [6, 6.07) is 7.65. The monoisotopic (exact) mass is 211 g/mol. The number of imidazole rings is 1. The van der Waals surface area contributed by atoms with Crippen molar-refractivity contribution < 1.29 is 0 Å². The van der Waals surface area contributed by atoms with Gasteiger partial charge in [0.05, 0.1) is 0 Å². The Balaban J connectivity index is 2.07. The van der Waals surface area contributed by atoms with Crippen molar-refractivity contribution in [2.75, 3.05) is 0 Å². The quantitative estimate of drug-likeness (QED) is 0.644. The summed E-state index contributed by atoms with van der Waals surface area (Å²) in [4.78, 5) is 8.47. The fourth-order valence-electron chi connectivity index (χ4n) is 1.48. The highest BCUT2D eigenvalue weighted by Gasteiger charge is 2.00. The lowest BCUT2D eigenvalue weighted by Gasteiger charge is -2.04. The van der Waals surface area contributed by atoms with Crippen molar-refractivity contribution >= 4 is 0 Å². The Bertz CT molecular complexity index is 519. The molecule has 0 aliphatic heterocycles. The van der Waals surface area contributed by atoms with Crippen molar-refractivity contribution in [2.45, 2.75) is 0 Å². The van der Waals surface area contributed by atoms with Gasteiger partial charge < -0.3 is 0 Å². The van der Waals surface area contributed by atoms with Crippen LogP contribution in [0.15, 0.2) is 55.4 Å². The van der Waals surface area contributed by atoms with Gasteiger partial charge in [0.15, 0.2) is 5.82 Å². The molecule has 0 N–H and O–H groups in total. The highest BCUT2D eigenvalue weighted by atomic mass is 15.3. The molecule has 3 aromatic rings. The summed E-state index contributed by atoms with van der Waals surface area (Å²) in [5.74, 6) is 1.61. The molecule has 0 bridgehead atoms. The Hall–Kier alpha value is -2.43. The normalized spacial score (nSPS) is 10.5. The second-order valence-corrected chi connectivity index (χ2v) is 3.27. The van der Waals surface area contributed by atoms with E-state index in [0.717, 1.165) is 11.6 Å². The average molecular weight is 211 g/mol. The summed E-state index contributed by atoms with van der Waals surface area (Å²) in [5.41, 5.74) is 0. The van der Waals surface area contributed by atoms with E-state index in [4.69, 9.17) is 0 Å². The fourth-order valence-corrected chi connectivity index (χ4v) is 1.48. The van der Waals surface area contributed by atoms with Gasteiger partial charge in [-0.1, -0.05) is 6.07 Å². The minimum Gasteiger partial charge on any atom is -0.290 e. The van der Waals surface area contributed by atoms with E-state index >= 15 is 0 Å². The van der Waals surface area contributed by atoms with Gasteiger partial charge in [-0.25, -0.2) is 14.6 Å². The average Bonchev–Trinajstić information content (AvgIpc) is 3.03. The van der Waals surface area contributed by atoms with Gasteiger partial charge in [-0.05, 0) is 18.2 Å². The standard InChI is InChI=1S/C11H9N5/c1-3-10(15-8-6-12-9-15)14-11(4-1)16-7-2-5-13-16/h1-9H. The molecule has 3 heterocycles. The van der Waals surface area contributed by atoms with Gasteiger partial charge in [-0.3, -0.25) is 4.57 Å². The van der Waals surface area contributed by atoms with Crippen molar-refractivity contribution in [3.63, 3.8) is 0 Å². The predicted octanol–water partition coefficient (Wildman–Crippen LogP) is 1.45. The molecule has 0 amide bonds. The lowest BCUT2D eigenvalue weighted by atomic mass is 10.4. The summed E-state index contributed by atoms with van der Waals surface area (Å²) in [6.07, 6.45) is 8.89. The van der Waals surface area contributed by atoms with Crippen LogP contribution in [0.1, 0.15) is 0 Å². The Morgan fingerprint density at radius 2 is 1.88 bits per heavy atom. The zero-order chi connectivity index (χ0) is 10.8. The van der Waals surface area contributed by atoms with Crippen LogP contribution in [-0.4, -0.2) is 24.3 Å². The molecule has 3 rings (SSSR count). The van der Waals surface area contributed by atoms with Crippen LogP contribution in [0.5, 0.6) is 0 Å². The molecule has 0 radical (unpaired) electrons. The molecule has 0 unspecified atom stereocenters. The largest absolute Gasteiger partial charge is 0.290 e. The van der Waals surface area contributed by atoms with Crippen molar-refractivity contribution in [3.8, 4) is 11.6 Å². The van der Waals surface area contributed by atoms with Crippen LogP contribution in [-0.2, 0) is 0 Å². The van der Waals surface area contributed by atoms with Crippen molar-refractivity contribution in [1.82, 2.24) is 24.3 Å². The van der Waals surface area contributed by atoms with Crippen molar-refractivity contribution in [2.24, 2.45) is 0 Å². The molecular formula is C11H9N5. The molecule has 0 aromatic carbocycles. The smallest absolute Gasteiger partial charge is 0.155 e. The number of hydrogen-bond donors (Lipinski definition) is 0. The zero-order valence-electron chi connectivity index (χ0n) is 8.43. The number of aromatic nitrogens is 5. The van der Waals surface area contributed by atoms with Crippen molar-refractivity contribution in [1.29, 1.82) is 0 Å². The van der Waals surface area contributed by atoms with Gasteiger partial charge in [0.2, 0.25) is 0 Å². The molecule has 78 valence electrons. The summed E-state index contributed by atoms with van der Waals surface area (Å²) in [5, 5.41) is 4.14. The summed E-state index contributed by atoms with van der Waals surface area (Å²) in [7, 11) is 0. The third-order valence-corrected chi connectivity index (χ3v) is 2.23. The highest BCUT2D eigenvalue weighted by molar-refractivity contribution is 5.31. The predicted molar refractivity (Wildman–Crippen MR) is 58.5 cm³/mol. The Kier molecular flexibility index (Phi) is 2.00. The van der Waals surface area contributed by atoms with E-state index in [9.17, 15) is 0 Å². The van der Waals surface area contributed by atoms with E-state index in [2.05, 4.69) is 15.1 Å². The molecule has 5 heteroatoms. The van der Waals surface area contributed by atoms with E-state index in [-0.39, 0.29) is 0 Å². The van der Waals surface area contributed by atoms with Gasteiger partial charge in [0.1, 0.15) is 12.1 Å². The Morgan fingerprint density at radius 1 is 0.938 bits per heavy atom. The number of rotatable bonds is 2. The number of hydrogen-bond acceptors (Lipinski definition) is 3. The van der Waals surface area contributed by atoms with Gasteiger partial charge in [0, 0.05) is 24.8 Å². The minimum atomic E-state index is 0.788. The van der Waals surface area contributed by atoms with Gasteiger partial charge in [-0.2, -0.15) is 5.10 Å². The Labute approximate surface area is 92.0 Å². The minimum absolute atomic E-state index is 0.788. The van der Waals surface area contributed by atoms with Crippen LogP contribution in [0.25, 0.3) is 11.6 Å². The molecule has 0 aliphatic rings. The van der Waals surface area contributed by atoms with E-state index in [0.29, 0.717) is 0 Å². The van der Waals surface area contributed by atoms with Crippen LogP contribution in [0, 0.1) is 0 Å². The van der Waals surface area contributed by atoms with Crippen LogP contribution in [0.2, 0.25) is 0 Å². The molecule has 0 aliphatic carbocycles. The SMILES string of the molecule is c1cc(-n2ccnc2)nc(-n2cccn2)c1. The lowest BCUT2D eigenvalue weighted by molar-refractivity contribution is 0.834. The lowest BCUT2D eigenvalue weighted by Crippen LogP contribution is -2.01. The second-order valence-electron chi connectivity index (χ2n) is 3.27.